The Morgan fingerprint density at radius 1 is 1.18 bits per heavy atom. The van der Waals surface area contributed by atoms with Crippen LogP contribution in [0, 0.1) is 0 Å². The van der Waals surface area contributed by atoms with E-state index >= 15 is 0 Å². The van der Waals surface area contributed by atoms with Gasteiger partial charge in [-0.2, -0.15) is 0 Å². The lowest BCUT2D eigenvalue weighted by molar-refractivity contribution is 0.0996. The van der Waals surface area contributed by atoms with Gasteiger partial charge in [-0.3, -0.25) is 0 Å². The Labute approximate surface area is 131 Å². The number of ether oxygens (including phenoxy) is 1. The molecule has 0 radical (unpaired) electrons. The zero-order valence-corrected chi connectivity index (χ0v) is 14.5. The molecule has 1 aliphatic rings. The van der Waals surface area contributed by atoms with Crippen molar-refractivity contribution in [2.45, 2.75) is 41.7 Å². The molecule has 0 amide bonds. The van der Waals surface area contributed by atoms with Crippen LogP contribution >= 0.6 is 0 Å². The maximum atomic E-state index is 12.0. The first-order chi connectivity index (χ1) is 10.1. The Bertz CT molecular complexity index is 749. The third kappa shape index (κ3) is 3.99. The van der Waals surface area contributed by atoms with Gasteiger partial charge in [0.05, 0.1) is 21.6 Å². The maximum Gasteiger partial charge on any atom is 0.177 e. The summed E-state index contributed by atoms with van der Waals surface area (Å²) in [6.07, 6.45) is 4.06. The first kappa shape index (κ1) is 17.2. The predicted octanol–water partition coefficient (Wildman–Crippen LogP) is 1.47. The summed E-state index contributed by atoms with van der Waals surface area (Å²) >= 11 is 0. The first-order valence-corrected chi connectivity index (χ1v) is 10.8. The van der Waals surface area contributed by atoms with Crippen molar-refractivity contribution in [3.63, 3.8) is 0 Å². The van der Waals surface area contributed by atoms with Gasteiger partial charge in [0.25, 0.3) is 0 Å². The fraction of sp³-hybridized carbons (Fsp3) is 0.571. The second kappa shape index (κ2) is 6.17. The van der Waals surface area contributed by atoms with Crippen molar-refractivity contribution in [1.29, 1.82) is 0 Å². The lowest BCUT2D eigenvalue weighted by atomic mass is 10.1. The van der Waals surface area contributed by atoms with E-state index in [1.165, 1.54) is 18.2 Å². The second-order valence-electron chi connectivity index (χ2n) is 5.69. The Balaban J connectivity index is 2.38. The number of sulfone groups is 2. The molecular formula is C14H21NO5S2. The van der Waals surface area contributed by atoms with E-state index < -0.39 is 19.7 Å². The minimum Gasteiger partial charge on any atom is -0.379 e. The van der Waals surface area contributed by atoms with E-state index in [-0.39, 0.29) is 21.9 Å². The Morgan fingerprint density at radius 2 is 1.86 bits per heavy atom. The van der Waals surface area contributed by atoms with Crippen molar-refractivity contribution >= 4 is 25.4 Å². The summed E-state index contributed by atoms with van der Waals surface area (Å²) < 4.78 is 52.8. The van der Waals surface area contributed by atoms with Gasteiger partial charge in [0.1, 0.15) is 0 Å². The average Bonchev–Trinajstić information content (AvgIpc) is 2.90. The molecule has 1 fully saturated rings. The van der Waals surface area contributed by atoms with Gasteiger partial charge >= 0.3 is 0 Å². The molecule has 1 aliphatic heterocycles. The largest absolute Gasteiger partial charge is 0.379 e. The van der Waals surface area contributed by atoms with Gasteiger partial charge in [-0.25, -0.2) is 16.8 Å². The monoisotopic (exact) mass is 347 g/mol. The van der Waals surface area contributed by atoms with Crippen LogP contribution in [0.1, 0.15) is 19.8 Å². The van der Waals surface area contributed by atoms with E-state index in [0.29, 0.717) is 12.3 Å². The molecule has 22 heavy (non-hydrogen) atoms. The average molecular weight is 347 g/mol. The molecule has 0 aromatic heterocycles. The lowest BCUT2D eigenvalue weighted by Crippen LogP contribution is -2.30. The highest BCUT2D eigenvalue weighted by Gasteiger charge is 2.25. The zero-order valence-electron chi connectivity index (χ0n) is 12.9. The third-order valence-corrected chi connectivity index (χ3v) is 5.93. The van der Waals surface area contributed by atoms with Crippen molar-refractivity contribution in [2.24, 2.45) is 0 Å². The van der Waals surface area contributed by atoms with Gasteiger partial charge in [-0.05, 0) is 38.0 Å². The van der Waals surface area contributed by atoms with Gasteiger partial charge in [0.15, 0.2) is 19.7 Å². The standard InChI is InChI=1S/C14H21NO5S2/c1-10(13-5-4-8-20-13)15-12-7-6-11(21(2,16)17)9-14(12)22(3,18)19/h6-7,9-10,13,15H,4-5,8H2,1-3H3/t10-,13+/m0/s1. The topological polar surface area (TPSA) is 89.5 Å². The van der Waals surface area contributed by atoms with Crippen LogP contribution in [0.25, 0.3) is 0 Å². The van der Waals surface area contributed by atoms with Crippen LogP contribution in [0.3, 0.4) is 0 Å². The van der Waals surface area contributed by atoms with E-state index in [2.05, 4.69) is 5.32 Å². The minimum absolute atomic E-state index is 0.0109. The molecule has 0 aliphatic carbocycles. The van der Waals surface area contributed by atoms with Gasteiger partial charge in [-0.1, -0.05) is 0 Å². The number of nitrogens with one attached hydrogen (secondary N) is 1. The van der Waals surface area contributed by atoms with Crippen molar-refractivity contribution in [3.05, 3.63) is 18.2 Å². The van der Waals surface area contributed by atoms with Crippen molar-refractivity contribution < 1.29 is 21.6 Å². The summed E-state index contributed by atoms with van der Waals surface area (Å²) in [5, 5.41) is 3.14. The molecule has 6 nitrogen and oxygen atoms in total. The highest BCUT2D eigenvalue weighted by atomic mass is 32.2. The fourth-order valence-electron chi connectivity index (χ4n) is 2.49. The maximum absolute atomic E-state index is 12.0. The van der Waals surface area contributed by atoms with Crippen LogP contribution in [0.2, 0.25) is 0 Å². The van der Waals surface area contributed by atoms with Gasteiger partial charge in [0, 0.05) is 25.2 Å². The molecule has 8 heteroatoms. The Morgan fingerprint density at radius 3 is 2.36 bits per heavy atom. The number of anilines is 1. The molecule has 0 spiro atoms. The summed E-state index contributed by atoms with van der Waals surface area (Å²) in [5.41, 5.74) is 0.401. The quantitative estimate of drug-likeness (QED) is 0.868. The highest BCUT2D eigenvalue weighted by molar-refractivity contribution is 7.91. The van der Waals surface area contributed by atoms with Crippen molar-refractivity contribution in [1.82, 2.24) is 0 Å². The fourth-order valence-corrected chi connectivity index (χ4v) is 4.08. The molecule has 1 N–H and O–H groups in total. The normalized spacial score (nSPS) is 20.8. The van der Waals surface area contributed by atoms with Crippen LogP contribution in [0.5, 0.6) is 0 Å². The SMILES string of the molecule is C[C@H](Nc1ccc(S(C)(=O)=O)cc1S(C)(=O)=O)[C@H]1CCCO1. The van der Waals surface area contributed by atoms with E-state index in [9.17, 15) is 16.8 Å². The predicted molar refractivity (Wildman–Crippen MR) is 84.7 cm³/mol. The zero-order chi connectivity index (χ0) is 16.5. The molecule has 1 aromatic carbocycles. The van der Waals surface area contributed by atoms with Crippen LogP contribution < -0.4 is 5.32 Å². The molecule has 2 atom stereocenters. The summed E-state index contributed by atoms with van der Waals surface area (Å²) in [6.45, 7) is 2.63. The summed E-state index contributed by atoms with van der Waals surface area (Å²) in [4.78, 5) is -0.0245. The molecular weight excluding hydrogens is 326 g/mol. The molecule has 0 saturated carbocycles. The molecule has 1 saturated heterocycles. The van der Waals surface area contributed by atoms with Crippen LogP contribution in [-0.2, 0) is 24.4 Å². The molecule has 2 rings (SSSR count). The van der Waals surface area contributed by atoms with E-state index in [0.717, 1.165) is 25.4 Å². The number of hydrogen-bond acceptors (Lipinski definition) is 6. The molecule has 0 bridgehead atoms. The van der Waals surface area contributed by atoms with E-state index in [4.69, 9.17) is 4.74 Å². The van der Waals surface area contributed by atoms with Gasteiger partial charge in [-0.15, -0.1) is 0 Å². The molecule has 0 unspecified atom stereocenters. The Hall–Kier alpha value is -1.12. The van der Waals surface area contributed by atoms with Crippen molar-refractivity contribution in [3.8, 4) is 0 Å². The molecule has 124 valence electrons. The Kier molecular flexibility index (Phi) is 4.84. The summed E-state index contributed by atoms with van der Waals surface area (Å²) in [6, 6.07) is 4.05. The smallest absolute Gasteiger partial charge is 0.177 e. The van der Waals surface area contributed by atoms with Crippen LogP contribution in [0.15, 0.2) is 28.0 Å². The number of benzene rings is 1. The van der Waals surface area contributed by atoms with Crippen LogP contribution in [-0.4, -0.2) is 48.1 Å². The van der Waals surface area contributed by atoms with E-state index in [1.807, 2.05) is 6.92 Å². The van der Waals surface area contributed by atoms with Gasteiger partial charge in [0.2, 0.25) is 0 Å². The highest BCUT2D eigenvalue weighted by Crippen LogP contribution is 2.27. The van der Waals surface area contributed by atoms with Crippen molar-refractivity contribution in [2.75, 3.05) is 24.4 Å². The molecule has 1 heterocycles. The van der Waals surface area contributed by atoms with E-state index in [1.54, 1.807) is 0 Å². The summed E-state index contributed by atoms with van der Waals surface area (Å²) in [5.74, 6) is 0. The second-order valence-corrected chi connectivity index (χ2v) is 9.69. The third-order valence-electron chi connectivity index (χ3n) is 3.69. The lowest BCUT2D eigenvalue weighted by Gasteiger charge is -2.22. The summed E-state index contributed by atoms with van der Waals surface area (Å²) in [7, 11) is -7.02. The first-order valence-electron chi connectivity index (χ1n) is 7.01. The van der Waals surface area contributed by atoms with Gasteiger partial charge < -0.3 is 10.1 Å². The number of hydrogen-bond donors (Lipinski definition) is 1. The number of rotatable bonds is 5. The molecule has 1 aromatic rings. The van der Waals surface area contributed by atoms with Crippen LogP contribution in [0.4, 0.5) is 5.69 Å². The minimum atomic E-state index is -3.55.